The van der Waals surface area contributed by atoms with E-state index in [1.807, 2.05) is 11.8 Å². The molecule has 0 saturated carbocycles. The van der Waals surface area contributed by atoms with Gasteiger partial charge in [-0.05, 0) is 43.2 Å². The van der Waals surface area contributed by atoms with E-state index < -0.39 is 12.2 Å². The molecule has 1 rings (SSSR count). The Morgan fingerprint density at radius 1 is 1.19 bits per heavy atom. The van der Waals surface area contributed by atoms with Crippen LogP contribution in [0, 0.1) is 0 Å². The van der Waals surface area contributed by atoms with Crippen molar-refractivity contribution in [3.63, 3.8) is 0 Å². The van der Waals surface area contributed by atoms with Crippen molar-refractivity contribution >= 4 is 11.8 Å². The molecule has 0 bridgehead atoms. The maximum absolute atomic E-state index is 9.47. The Balaban J connectivity index is 2.43. The van der Waals surface area contributed by atoms with Crippen molar-refractivity contribution in [3.8, 4) is 0 Å². The van der Waals surface area contributed by atoms with E-state index in [2.05, 4.69) is 31.2 Å². The van der Waals surface area contributed by atoms with Crippen LogP contribution in [0.1, 0.15) is 25.8 Å². The number of aliphatic hydroxyl groups excluding tert-OH is 2. The highest BCUT2D eigenvalue weighted by atomic mass is 32.2. The molecular weight excluding hydrogens is 220 g/mol. The van der Waals surface area contributed by atoms with Crippen LogP contribution in [-0.2, 0) is 6.42 Å². The summed E-state index contributed by atoms with van der Waals surface area (Å²) in [4.78, 5) is 1.28. The van der Waals surface area contributed by atoms with Gasteiger partial charge in [-0.3, -0.25) is 0 Å². The van der Waals surface area contributed by atoms with Crippen LogP contribution in [0.5, 0.6) is 0 Å². The second-order valence-corrected chi connectivity index (χ2v) is 5.26. The van der Waals surface area contributed by atoms with Gasteiger partial charge in [-0.25, -0.2) is 0 Å². The molecule has 0 aliphatic rings. The molecule has 2 unspecified atom stereocenters. The SMILES string of the molecule is CCSc1ccc(CCC(O)C(C)O)cc1. The van der Waals surface area contributed by atoms with Gasteiger partial charge >= 0.3 is 0 Å². The van der Waals surface area contributed by atoms with Crippen LogP contribution >= 0.6 is 11.8 Å². The minimum Gasteiger partial charge on any atom is -0.391 e. The van der Waals surface area contributed by atoms with Gasteiger partial charge in [-0.2, -0.15) is 0 Å². The molecule has 1 aromatic carbocycles. The zero-order valence-corrected chi connectivity index (χ0v) is 10.7. The summed E-state index contributed by atoms with van der Waals surface area (Å²) in [5, 5.41) is 18.6. The van der Waals surface area contributed by atoms with Gasteiger partial charge in [0.15, 0.2) is 0 Å². The van der Waals surface area contributed by atoms with Crippen molar-refractivity contribution in [2.45, 2.75) is 43.8 Å². The van der Waals surface area contributed by atoms with Crippen molar-refractivity contribution in [2.24, 2.45) is 0 Å². The molecule has 0 aliphatic heterocycles. The van der Waals surface area contributed by atoms with Gasteiger partial charge in [-0.15, -0.1) is 11.8 Å². The molecular formula is C13H20O2S. The lowest BCUT2D eigenvalue weighted by molar-refractivity contribution is 0.0265. The summed E-state index contributed by atoms with van der Waals surface area (Å²) < 4.78 is 0. The lowest BCUT2D eigenvalue weighted by Gasteiger charge is -2.13. The summed E-state index contributed by atoms with van der Waals surface area (Å²) in [6.45, 7) is 3.75. The first-order valence-electron chi connectivity index (χ1n) is 5.71. The molecule has 0 amide bonds. The zero-order valence-electron chi connectivity index (χ0n) is 9.89. The second kappa shape index (κ2) is 6.94. The van der Waals surface area contributed by atoms with Crippen LogP contribution in [0.25, 0.3) is 0 Å². The quantitative estimate of drug-likeness (QED) is 0.750. The van der Waals surface area contributed by atoms with Gasteiger partial charge in [0.2, 0.25) is 0 Å². The molecule has 16 heavy (non-hydrogen) atoms. The molecule has 2 atom stereocenters. The molecule has 2 nitrogen and oxygen atoms in total. The van der Waals surface area contributed by atoms with Gasteiger partial charge in [0.25, 0.3) is 0 Å². The molecule has 0 aliphatic carbocycles. The maximum atomic E-state index is 9.47. The lowest BCUT2D eigenvalue weighted by atomic mass is 10.0. The fraction of sp³-hybridized carbons (Fsp3) is 0.538. The van der Waals surface area contributed by atoms with E-state index in [1.54, 1.807) is 6.92 Å². The van der Waals surface area contributed by atoms with Gasteiger partial charge in [0, 0.05) is 4.90 Å². The normalized spacial score (nSPS) is 14.8. The number of hydrogen-bond donors (Lipinski definition) is 2. The van der Waals surface area contributed by atoms with E-state index in [0.29, 0.717) is 6.42 Å². The van der Waals surface area contributed by atoms with Gasteiger partial charge in [0.1, 0.15) is 0 Å². The van der Waals surface area contributed by atoms with Crippen molar-refractivity contribution in [1.29, 1.82) is 0 Å². The molecule has 0 heterocycles. The fourth-order valence-corrected chi connectivity index (χ4v) is 2.14. The summed E-state index contributed by atoms with van der Waals surface area (Å²) in [7, 11) is 0. The number of thioether (sulfide) groups is 1. The van der Waals surface area contributed by atoms with Crippen LogP contribution in [-0.4, -0.2) is 28.2 Å². The Bertz CT molecular complexity index is 295. The van der Waals surface area contributed by atoms with Gasteiger partial charge < -0.3 is 10.2 Å². The third-order valence-electron chi connectivity index (χ3n) is 2.52. The molecule has 2 N–H and O–H groups in total. The van der Waals surface area contributed by atoms with E-state index in [9.17, 15) is 5.11 Å². The largest absolute Gasteiger partial charge is 0.391 e. The molecule has 0 fully saturated rings. The molecule has 0 spiro atoms. The summed E-state index contributed by atoms with van der Waals surface area (Å²) in [6, 6.07) is 8.40. The van der Waals surface area contributed by atoms with Crippen LogP contribution < -0.4 is 0 Å². The Kier molecular flexibility index (Phi) is 5.88. The summed E-state index contributed by atoms with van der Waals surface area (Å²) in [6.07, 6.45) is 0.153. The Labute approximate surface area is 102 Å². The third-order valence-corrected chi connectivity index (χ3v) is 3.41. The number of aryl methyl sites for hydroxylation is 1. The first-order chi connectivity index (χ1) is 7.63. The molecule has 0 radical (unpaired) electrons. The Morgan fingerprint density at radius 3 is 2.31 bits per heavy atom. The Hall–Kier alpha value is -0.510. The van der Waals surface area contributed by atoms with E-state index in [4.69, 9.17) is 5.11 Å². The third kappa shape index (κ3) is 4.56. The van der Waals surface area contributed by atoms with Crippen molar-refractivity contribution in [2.75, 3.05) is 5.75 Å². The van der Waals surface area contributed by atoms with Crippen molar-refractivity contribution in [3.05, 3.63) is 29.8 Å². The van der Waals surface area contributed by atoms with Crippen LogP contribution in [0.2, 0.25) is 0 Å². The van der Waals surface area contributed by atoms with E-state index in [1.165, 1.54) is 10.5 Å². The lowest BCUT2D eigenvalue weighted by Crippen LogP contribution is -2.22. The summed E-state index contributed by atoms with van der Waals surface area (Å²) in [5.74, 6) is 1.08. The topological polar surface area (TPSA) is 40.5 Å². The second-order valence-electron chi connectivity index (χ2n) is 3.92. The Morgan fingerprint density at radius 2 is 1.81 bits per heavy atom. The van der Waals surface area contributed by atoms with Crippen LogP contribution in [0.3, 0.4) is 0 Å². The first kappa shape index (κ1) is 13.6. The zero-order chi connectivity index (χ0) is 12.0. The number of benzene rings is 1. The summed E-state index contributed by atoms with van der Waals surface area (Å²) >= 11 is 1.82. The smallest absolute Gasteiger partial charge is 0.0799 e. The predicted molar refractivity (Wildman–Crippen MR) is 68.8 cm³/mol. The monoisotopic (exact) mass is 240 g/mol. The van der Waals surface area contributed by atoms with Crippen molar-refractivity contribution < 1.29 is 10.2 Å². The van der Waals surface area contributed by atoms with Gasteiger partial charge in [0.05, 0.1) is 12.2 Å². The predicted octanol–water partition coefficient (Wildman–Crippen LogP) is 2.47. The minimum atomic E-state index is -0.644. The number of rotatable bonds is 6. The highest BCUT2D eigenvalue weighted by Gasteiger charge is 2.10. The fourth-order valence-electron chi connectivity index (χ4n) is 1.47. The standard InChI is InChI=1S/C13H20O2S/c1-3-16-12-7-4-11(5-8-12)6-9-13(15)10(2)14/h4-5,7-8,10,13-15H,3,6,9H2,1-2H3. The molecule has 0 saturated heterocycles. The number of aliphatic hydroxyl groups is 2. The van der Waals surface area contributed by atoms with Crippen molar-refractivity contribution in [1.82, 2.24) is 0 Å². The van der Waals surface area contributed by atoms with E-state index in [0.717, 1.165) is 12.2 Å². The maximum Gasteiger partial charge on any atom is 0.0799 e. The van der Waals surface area contributed by atoms with Crippen LogP contribution in [0.4, 0.5) is 0 Å². The minimum absolute atomic E-state index is 0.609. The first-order valence-corrected chi connectivity index (χ1v) is 6.70. The van der Waals surface area contributed by atoms with Crippen LogP contribution in [0.15, 0.2) is 29.2 Å². The van der Waals surface area contributed by atoms with E-state index in [-0.39, 0.29) is 0 Å². The molecule has 1 aromatic rings. The number of hydrogen-bond acceptors (Lipinski definition) is 3. The molecule has 3 heteroatoms. The van der Waals surface area contributed by atoms with Gasteiger partial charge in [-0.1, -0.05) is 19.1 Å². The highest BCUT2D eigenvalue weighted by Crippen LogP contribution is 2.18. The summed E-state index contributed by atoms with van der Waals surface area (Å²) in [5.41, 5.74) is 1.21. The average Bonchev–Trinajstić information content (AvgIpc) is 2.28. The molecule has 0 aromatic heterocycles. The average molecular weight is 240 g/mol. The van der Waals surface area contributed by atoms with E-state index >= 15 is 0 Å². The molecule has 90 valence electrons. The highest BCUT2D eigenvalue weighted by molar-refractivity contribution is 7.99.